The molecule has 0 heterocycles. The van der Waals surface area contributed by atoms with Crippen LogP contribution < -0.4 is 10.1 Å². The van der Waals surface area contributed by atoms with E-state index in [1.165, 1.54) is 6.42 Å². The van der Waals surface area contributed by atoms with Crippen LogP contribution in [-0.2, 0) is 4.79 Å². The molecule has 0 aliphatic heterocycles. The van der Waals surface area contributed by atoms with Crippen LogP contribution in [0, 0.1) is 0 Å². The molecule has 22 heavy (non-hydrogen) atoms. The Morgan fingerprint density at radius 2 is 2.00 bits per heavy atom. The van der Waals surface area contributed by atoms with Crippen molar-refractivity contribution in [1.82, 2.24) is 10.2 Å². The number of allylic oxidation sites excluding steroid dienone is 1. The number of nitrogens with one attached hydrogen (secondary N) is 1. The van der Waals surface area contributed by atoms with Crippen LogP contribution >= 0.6 is 0 Å². The Morgan fingerprint density at radius 1 is 1.27 bits per heavy atom. The minimum atomic E-state index is -0.0174. The third-order valence-electron chi connectivity index (χ3n) is 3.95. The zero-order chi connectivity index (χ0) is 15.9. The van der Waals surface area contributed by atoms with Gasteiger partial charge in [0.2, 0.25) is 5.91 Å². The van der Waals surface area contributed by atoms with Crippen LogP contribution in [-0.4, -0.2) is 38.6 Å². The van der Waals surface area contributed by atoms with Crippen LogP contribution in [0.25, 0.3) is 0 Å². The van der Waals surface area contributed by atoms with Gasteiger partial charge in [-0.15, -0.1) is 0 Å². The smallest absolute Gasteiger partial charge is 0.247 e. The summed E-state index contributed by atoms with van der Waals surface area (Å²) in [6.45, 7) is 0.769. The van der Waals surface area contributed by atoms with Gasteiger partial charge in [-0.2, -0.15) is 0 Å². The van der Waals surface area contributed by atoms with Gasteiger partial charge in [-0.25, -0.2) is 0 Å². The maximum Gasteiger partial charge on any atom is 0.247 e. The molecule has 1 N–H and O–H groups in total. The van der Waals surface area contributed by atoms with E-state index in [1.807, 2.05) is 38.4 Å². The number of benzene rings is 1. The molecular weight excluding hydrogens is 276 g/mol. The molecule has 0 bridgehead atoms. The predicted octanol–water partition coefficient (Wildman–Crippen LogP) is 2.91. The van der Waals surface area contributed by atoms with Crippen molar-refractivity contribution < 1.29 is 9.53 Å². The van der Waals surface area contributed by atoms with E-state index in [2.05, 4.69) is 16.3 Å². The van der Waals surface area contributed by atoms with Crippen LogP contribution in [0.1, 0.15) is 37.3 Å². The van der Waals surface area contributed by atoms with E-state index < -0.39 is 0 Å². The number of hydrogen-bond acceptors (Lipinski definition) is 3. The topological polar surface area (TPSA) is 41.6 Å². The van der Waals surface area contributed by atoms with Crippen molar-refractivity contribution in [2.24, 2.45) is 0 Å². The Morgan fingerprint density at radius 3 is 2.55 bits per heavy atom. The average molecular weight is 302 g/mol. The number of carbonyl (C=O) groups is 1. The van der Waals surface area contributed by atoms with Gasteiger partial charge < -0.3 is 15.0 Å². The highest BCUT2D eigenvalue weighted by molar-refractivity contribution is 5.93. The summed E-state index contributed by atoms with van der Waals surface area (Å²) in [6.07, 6.45) is 6.29. The van der Waals surface area contributed by atoms with Crippen molar-refractivity contribution in [3.63, 3.8) is 0 Å². The molecule has 1 aliphatic rings. The summed E-state index contributed by atoms with van der Waals surface area (Å²) in [6, 6.07) is 7.88. The molecule has 0 saturated carbocycles. The Hall–Kier alpha value is -1.81. The lowest BCUT2D eigenvalue weighted by molar-refractivity contribution is -0.118. The molecule has 0 radical (unpaired) electrons. The molecule has 1 aliphatic carbocycles. The standard InChI is InChI=1S/C18H26N2O2/c1-20(2)13-17(14-9-11-16(22-3)12-10-14)19-18(21)15-7-5-4-6-8-15/h7,9-12,17H,4-6,8,13H2,1-3H3,(H,19,21)/t17-/m1/s1. The summed E-state index contributed by atoms with van der Waals surface area (Å²) < 4.78 is 5.20. The Labute approximate surface area is 133 Å². The SMILES string of the molecule is COc1ccc([C@@H](CN(C)C)NC(=O)C2=CCCCC2)cc1. The van der Waals surface area contributed by atoms with Gasteiger partial charge in [-0.3, -0.25) is 4.79 Å². The molecule has 0 saturated heterocycles. The summed E-state index contributed by atoms with van der Waals surface area (Å²) in [7, 11) is 5.69. The number of likely N-dealkylation sites (N-methyl/N-ethyl adjacent to an activating group) is 1. The van der Waals surface area contributed by atoms with Gasteiger partial charge in [0.1, 0.15) is 5.75 Å². The third kappa shape index (κ3) is 4.60. The monoisotopic (exact) mass is 302 g/mol. The molecule has 0 unspecified atom stereocenters. The second-order valence-corrected chi connectivity index (χ2v) is 6.04. The van der Waals surface area contributed by atoms with Gasteiger partial charge in [0.05, 0.1) is 13.2 Å². The molecule has 0 fully saturated rings. The van der Waals surface area contributed by atoms with Crippen LogP contribution in [0.2, 0.25) is 0 Å². The van der Waals surface area contributed by atoms with Crippen molar-refractivity contribution in [1.29, 1.82) is 0 Å². The molecular formula is C18H26N2O2. The van der Waals surface area contributed by atoms with Crippen molar-refractivity contribution in [3.05, 3.63) is 41.5 Å². The molecule has 1 aromatic rings. The van der Waals surface area contributed by atoms with E-state index in [0.29, 0.717) is 0 Å². The van der Waals surface area contributed by atoms with Gasteiger partial charge in [0.25, 0.3) is 0 Å². The summed E-state index contributed by atoms with van der Waals surface area (Å²) in [5, 5.41) is 3.18. The molecule has 1 aromatic carbocycles. The number of methoxy groups -OCH3 is 1. The normalized spacial score (nSPS) is 16.1. The number of hydrogen-bond donors (Lipinski definition) is 1. The van der Waals surface area contributed by atoms with E-state index in [1.54, 1.807) is 7.11 Å². The van der Waals surface area contributed by atoms with Gasteiger partial charge >= 0.3 is 0 Å². The zero-order valence-corrected chi connectivity index (χ0v) is 13.8. The number of amides is 1. The van der Waals surface area contributed by atoms with Crippen LogP contribution in [0.5, 0.6) is 5.75 Å². The van der Waals surface area contributed by atoms with Crippen molar-refractivity contribution in [2.75, 3.05) is 27.7 Å². The second-order valence-electron chi connectivity index (χ2n) is 6.04. The maximum atomic E-state index is 12.5. The quantitative estimate of drug-likeness (QED) is 0.878. The van der Waals surface area contributed by atoms with Gasteiger partial charge in [-0.05, 0) is 57.5 Å². The fourth-order valence-electron chi connectivity index (χ4n) is 2.73. The number of nitrogens with zero attached hydrogens (tertiary/aromatic N) is 1. The first-order valence-electron chi connectivity index (χ1n) is 7.88. The van der Waals surface area contributed by atoms with E-state index in [4.69, 9.17) is 4.74 Å². The summed E-state index contributed by atoms with van der Waals surface area (Å²) in [5.74, 6) is 0.899. The molecule has 120 valence electrons. The minimum absolute atomic E-state index is 0.0174. The van der Waals surface area contributed by atoms with E-state index in [9.17, 15) is 4.79 Å². The lowest BCUT2D eigenvalue weighted by atomic mass is 9.98. The van der Waals surface area contributed by atoms with E-state index in [0.717, 1.165) is 42.7 Å². The molecule has 2 rings (SSSR count). The second kappa shape index (κ2) is 7.99. The van der Waals surface area contributed by atoms with Crippen molar-refractivity contribution in [3.8, 4) is 5.75 Å². The fraction of sp³-hybridized carbons (Fsp3) is 0.500. The summed E-state index contributed by atoms with van der Waals surface area (Å²) >= 11 is 0. The highest BCUT2D eigenvalue weighted by Gasteiger charge is 2.19. The van der Waals surface area contributed by atoms with E-state index >= 15 is 0 Å². The van der Waals surface area contributed by atoms with Crippen LogP contribution in [0.3, 0.4) is 0 Å². The Balaban J connectivity index is 2.11. The molecule has 4 heteroatoms. The first-order chi connectivity index (χ1) is 10.6. The summed E-state index contributed by atoms with van der Waals surface area (Å²) in [4.78, 5) is 14.6. The first-order valence-corrected chi connectivity index (χ1v) is 7.88. The minimum Gasteiger partial charge on any atom is -0.497 e. The van der Waals surface area contributed by atoms with Crippen molar-refractivity contribution >= 4 is 5.91 Å². The van der Waals surface area contributed by atoms with Crippen molar-refractivity contribution in [2.45, 2.75) is 31.7 Å². The number of rotatable bonds is 6. The van der Waals surface area contributed by atoms with Crippen LogP contribution in [0.15, 0.2) is 35.9 Å². The van der Waals surface area contributed by atoms with E-state index in [-0.39, 0.29) is 11.9 Å². The largest absolute Gasteiger partial charge is 0.497 e. The third-order valence-corrected chi connectivity index (χ3v) is 3.95. The summed E-state index contributed by atoms with van der Waals surface area (Å²) in [5.41, 5.74) is 2.03. The molecule has 0 spiro atoms. The maximum absolute atomic E-state index is 12.5. The number of ether oxygens (including phenoxy) is 1. The molecule has 1 amide bonds. The molecule has 0 aromatic heterocycles. The fourth-order valence-corrected chi connectivity index (χ4v) is 2.73. The first kappa shape index (κ1) is 16.6. The highest BCUT2D eigenvalue weighted by atomic mass is 16.5. The lowest BCUT2D eigenvalue weighted by Gasteiger charge is -2.24. The van der Waals surface area contributed by atoms with Gasteiger partial charge in [0, 0.05) is 12.1 Å². The molecule has 4 nitrogen and oxygen atoms in total. The number of carbonyl (C=O) groups excluding carboxylic acids is 1. The Kier molecular flexibility index (Phi) is 6.01. The molecule has 1 atom stereocenters. The van der Waals surface area contributed by atoms with Gasteiger partial charge in [-0.1, -0.05) is 18.2 Å². The Bertz CT molecular complexity index is 520. The highest BCUT2D eigenvalue weighted by Crippen LogP contribution is 2.21. The lowest BCUT2D eigenvalue weighted by Crippen LogP contribution is -2.36. The predicted molar refractivity (Wildman–Crippen MR) is 89.0 cm³/mol. The average Bonchev–Trinajstić information content (AvgIpc) is 2.54. The zero-order valence-electron chi connectivity index (χ0n) is 13.8. The van der Waals surface area contributed by atoms with Gasteiger partial charge in [0.15, 0.2) is 0 Å². The van der Waals surface area contributed by atoms with Crippen LogP contribution in [0.4, 0.5) is 0 Å².